The van der Waals surface area contributed by atoms with Crippen molar-refractivity contribution in [1.82, 2.24) is 4.98 Å². The lowest BCUT2D eigenvalue weighted by Gasteiger charge is -2.23. The highest BCUT2D eigenvalue weighted by molar-refractivity contribution is 5.09. The van der Waals surface area contributed by atoms with Crippen molar-refractivity contribution in [3.05, 3.63) is 30.1 Å². The smallest absolute Gasteiger partial charge is 0.361 e. The molecular weight excluding hydrogens is 233 g/mol. The van der Waals surface area contributed by atoms with Gasteiger partial charge in [-0.05, 0) is 18.6 Å². The molecule has 2 unspecified atom stereocenters. The van der Waals surface area contributed by atoms with E-state index >= 15 is 0 Å². The number of hydrogen-bond donors (Lipinski definition) is 1. The van der Waals surface area contributed by atoms with Gasteiger partial charge in [-0.2, -0.15) is 13.2 Å². The molecule has 0 spiro atoms. The van der Waals surface area contributed by atoms with Crippen molar-refractivity contribution in [2.45, 2.75) is 31.7 Å². The van der Waals surface area contributed by atoms with Crippen LogP contribution in [0.4, 0.5) is 13.2 Å². The fourth-order valence-corrected chi connectivity index (χ4v) is 1.37. The molecule has 2 N–H and O–H groups in total. The molecule has 0 aliphatic rings. The molecule has 1 aromatic heterocycles. The van der Waals surface area contributed by atoms with Crippen LogP contribution in [0, 0.1) is 0 Å². The van der Waals surface area contributed by atoms with Gasteiger partial charge in [0.2, 0.25) is 0 Å². The number of alkyl halides is 3. The predicted octanol–water partition coefficient (Wildman–Crippen LogP) is 2.44. The van der Waals surface area contributed by atoms with Crippen LogP contribution in [0.15, 0.2) is 24.4 Å². The summed E-state index contributed by atoms with van der Waals surface area (Å²) in [5, 5.41) is 0. The second kappa shape index (κ2) is 5.97. The number of rotatable bonds is 5. The lowest BCUT2D eigenvalue weighted by molar-refractivity contribution is -0.188. The molecular formula is C11H15F3N2O. The lowest BCUT2D eigenvalue weighted by Crippen LogP contribution is -2.32. The summed E-state index contributed by atoms with van der Waals surface area (Å²) in [5.41, 5.74) is 6.17. The number of aromatic nitrogens is 1. The molecule has 0 aliphatic carbocycles. The van der Waals surface area contributed by atoms with Gasteiger partial charge in [-0.1, -0.05) is 13.0 Å². The topological polar surface area (TPSA) is 48.1 Å². The molecule has 17 heavy (non-hydrogen) atoms. The van der Waals surface area contributed by atoms with E-state index in [-0.39, 0.29) is 0 Å². The van der Waals surface area contributed by atoms with Gasteiger partial charge in [0, 0.05) is 12.2 Å². The normalized spacial score (nSPS) is 15.6. The summed E-state index contributed by atoms with van der Waals surface area (Å²) >= 11 is 0. The number of nitrogens with zero attached hydrogens (tertiary/aromatic N) is 1. The first-order chi connectivity index (χ1) is 7.94. The standard InChI is InChI=1S/C11H15F3N2O/c1-2-8(15)10(17-7-11(12,13)14)9-5-3-4-6-16-9/h3-6,8,10H,2,7,15H2,1H3. The Hall–Kier alpha value is -1.14. The molecule has 1 rings (SSSR count). The van der Waals surface area contributed by atoms with E-state index in [4.69, 9.17) is 10.5 Å². The zero-order valence-corrected chi connectivity index (χ0v) is 9.45. The van der Waals surface area contributed by atoms with Gasteiger partial charge in [-0.25, -0.2) is 0 Å². The largest absolute Gasteiger partial charge is 0.411 e. The van der Waals surface area contributed by atoms with Gasteiger partial charge >= 0.3 is 6.18 Å². The van der Waals surface area contributed by atoms with Crippen LogP contribution in [0.25, 0.3) is 0 Å². The van der Waals surface area contributed by atoms with Crippen LogP contribution >= 0.6 is 0 Å². The van der Waals surface area contributed by atoms with E-state index in [0.717, 1.165) is 0 Å². The molecule has 0 aliphatic heterocycles. The Balaban J connectivity index is 2.75. The molecule has 0 aromatic carbocycles. The minimum absolute atomic E-state index is 0.422. The van der Waals surface area contributed by atoms with Gasteiger partial charge in [0.15, 0.2) is 0 Å². The van der Waals surface area contributed by atoms with Gasteiger partial charge in [-0.15, -0.1) is 0 Å². The molecule has 1 heterocycles. The molecule has 0 radical (unpaired) electrons. The molecule has 0 amide bonds. The highest BCUT2D eigenvalue weighted by Gasteiger charge is 2.31. The maximum Gasteiger partial charge on any atom is 0.411 e. The zero-order valence-electron chi connectivity index (χ0n) is 9.45. The number of ether oxygens (including phenoxy) is 1. The number of pyridine rings is 1. The third kappa shape index (κ3) is 4.70. The first-order valence-corrected chi connectivity index (χ1v) is 5.29. The molecule has 0 fully saturated rings. The average molecular weight is 248 g/mol. The lowest BCUT2D eigenvalue weighted by atomic mass is 10.1. The van der Waals surface area contributed by atoms with Crippen molar-refractivity contribution in [2.24, 2.45) is 5.73 Å². The maximum absolute atomic E-state index is 12.1. The van der Waals surface area contributed by atoms with Crippen molar-refractivity contribution < 1.29 is 17.9 Å². The van der Waals surface area contributed by atoms with Crippen molar-refractivity contribution in [2.75, 3.05) is 6.61 Å². The van der Waals surface area contributed by atoms with E-state index < -0.39 is 24.9 Å². The van der Waals surface area contributed by atoms with Crippen LogP contribution in [0.5, 0.6) is 0 Å². The highest BCUT2D eigenvalue weighted by atomic mass is 19.4. The van der Waals surface area contributed by atoms with Gasteiger partial charge < -0.3 is 10.5 Å². The summed E-state index contributed by atoms with van der Waals surface area (Å²) in [7, 11) is 0. The van der Waals surface area contributed by atoms with Crippen molar-refractivity contribution in [3.8, 4) is 0 Å². The van der Waals surface area contributed by atoms with Crippen LogP contribution in [0.1, 0.15) is 25.1 Å². The van der Waals surface area contributed by atoms with Crippen molar-refractivity contribution >= 4 is 0 Å². The van der Waals surface area contributed by atoms with E-state index in [1.165, 1.54) is 6.20 Å². The SMILES string of the molecule is CCC(N)C(OCC(F)(F)F)c1ccccn1. The third-order valence-corrected chi connectivity index (χ3v) is 2.27. The minimum atomic E-state index is -4.36. The Morgan fingerprint density at radius 1 is 1.41 bits per heavy atom. The van der Waals surface area contributed by atoms with E-state index in [0.29, 0.717) is 12.1 Å². The maximum atomic E-state index is 12.1. The van der Waals surface area contributed by atoms with E-state index in [2.05, 4.69) is 4.98 Å². The molecule has 2 atom stereocenters. The third-order valence-electron chi connectivity index (χ3n) is 2.27. The Labute approximate surface area is 97.8 Å². The quantitative estimate of drug-likeness (QED) is 0.870. The van der Waals surface area contributed by atoms with Crippen LogP contribution in [0.2, 0.25) is 0 Å². The minimum Gasteiger partial charge on any atom is -0.361 e. The molecule has 0 saturated heterocycles. The number of halogens is 3. The summed E-state index contributed by atoms with van der Waals surface area (Å²) in [6.45, 7) is 0.472. The summed E-state index contributed by atoms with van der Waals surface area (Å²) in [6.07, 6.45) is -3.18. The predicted molar refractivity (Wildman–Crippen MR) is 57.3 cm³/mol. The van der Waals surface area contributed by atoms with Gasteiger partial charge in [0.05, 0.1) is 5.69 Å². The highest BCUT2D eigenvalue weighted by Crippen LogP contribution is 2.24. The molecule has 3 nitrogen and oxygen atoms in total. The van der Waals surface area contributed by atoms with Crippen LogP contribution in [-0.2, 0) is 4.74 Å². The summed E-state index contributed by atoms with van der Waals surface area (Å²) < 4.78 is 41.2. The first kappa shape index (κ1) is 13.9. The molecule has 6 heteroatoms. The fraction of sp³-hybridized carbons (Fsp3) is 0.545. The summed E-state index contributed by atoms with van der Waals surface area (Å²) in [6, 6.07) is 4.47. The molecule has 0 saturated carbocycles. The summed E-state index contributed by atoms with van der Waals surface area (Å²) in [5.74, 6) is 0. The Kier molecular flexibility index (Phi) is 4.89. The van der Waals surface area contributed by atoms with Crippen molar-refractivity contribution in [1.29, 1.82) is 0 Å². The van der Waals surface area contributed by atoms with Gasteiger partial charge in [0.25, 0.3) is 0 Å². The van der Waals surface area contributed by atoms with Gasteiger partial charge in [0.1, 0.15) is 12.7 Å². The zero-order chi connectivity index (χ0) is 12.9. The molecule has 96 valence electrons. The first-order valence-electron chi connectivity index (χ1n) is 5.29. The summed E-state index contributed by atoms with van der Waals surface area (Å²) in [4.78, 5) is 3.98. The Morgan fingerprint density at radius 2 is 2.12 bits per heavy atom. The van der Waals surface area contributed by atoms with Crippen LogP contribution in [-0.4, -0.2) is 23.8 Å². The molecule has 1 aromatic rings. The Morgan fingerprint density at radius 3 is 2.59 bits per heavy atom. The number of hydrogen-bond acceptors (Lipinski definition) is 3. The van der Waals surface area contributed by atoms with E-state index in [9.17, 15) is 13.2 Å². The fourth-order valence-electron chi connectivity index (χ4n) is 1.37. The monoisotopic (exact) mass is 248 g/mol. The van der Waals surface area contributed by atoms with E-state index in [1.807, 2.05) is 0 Å². The van der Waals surface area contributed by atoms with Gasteiger partial charge in [-0.3, -0.25) is 4.98 Å². The second-order valence-corrected chi connectivity index (χ2v) is 3.67. The van der Waals surface area contributed by atoms with Crippen LogP contribution < -0.4 is 5.73 Å². The number of nitrogens with two attached hydrogens (primary N) is 1. The van der Waals surface area contributed by atoms with Crippen molar-refractivity contribution in [3.63, 3.8) is 0 Å². The average Bonchev–Trinajstić information content (AvgIpc) is 2.29. The molecule has 0 bridgehead atoms. The Bertz CT molecular complexity index is 329. The second-order valence-electron chi connectivity index (χ2n) is 3.67. The van der Waals surface area contributed by atoms with E-state index in [1.54, 1.807) is 25.1 Å². The van der Waals surface area contributed by atoms with Crippen LogP contribution in [0.3, 0.4) is 0 Å².